The van der Waals surface area contributed by atoms with Crippen LogP contribution in [0, 0.1) is 5.92 Å². The number of carbonyl (C=O) groups is 1. The molecule has 0 saturated carbocycles. The van der Waals surface area contributed by atoms with Gasteiger partial charge in [-0.3, -0.25) is 4.79 Å². The first-order chi connectivity index (χ1) is 17.7. The van der Waals surface area contributed by atoms with Crippen molar-refractivity contribution < 1.29 is 34.0 Å². The molecule has 0 amide bonds. The minimum atomic E-state index is -1.51. The first kappa shape index (κ1) is 27.7. The Balaban J connectivity index is 1.49. The van der Waals surface area contributed by atoms with Crippen LogP contribution in [0.25, 0.3) is 10.6 Å². The fourth-order valence-electron chi connectivity index (χ4n) is 4.11. The van der Waals surface area contributed by atoms with Crippen molar-refractivity contribution in [3.05, 3.63) is 63.9 Å². The second-order valence-electron chi connectivity index (χ2n) is 9.23. The number of furan rings is 1. The fourth-order valence-corrected chi connectivity index (χ4v) is 5.20. The molecule has 0 radical (unpaired) electrons. The maximum Gasteiger partial charge on any atom is 0.323 e. The van der Waals surface area contributed by atoms with Gasteiger partial charge in [0.25, 0.3) is 0 Å². The molecule has 0 spiro atoms. The number of esters is 1. The van der Waals surface area contributed by atoms with E-state index in [-0.39, 0.29) is 12.5 Å². The number of nitrogens with two attached hydrogens (primary N) is 1. The lowest BCUT2D eigenvalue weighted by atomic mass is 9.90. The third-order valence-electron chi connectivity index (χ3n) is 6.69. The molecule has 1 aliphatic heterocycles. The van der Waals surface area contributed by atoms with Crippen LogP contribution < -0.4 is 5.73 Å². The van der Waals surface area contributed by atoms with Crippen LogP contribution in [0.1, 0.15) is 42.5 Å². The Bertz CT molecular complexity index is 1190. The number of carbonyl (C=O) groups excluding carboxylic acids is 1. The number of aliphatic hydroxyl groups is 3. The van der Waals surface area contributed by atoms with E-state index in [9.17, 15) is 20.1 Å². The maximum absolute atomic E-state index is 12.3. The molecule has 0 bridgehead atoms. The molecule has 0 aliphatic carbocycles. The highest BCUT2D eigenvalue weighted by atomic mass is 35.5. The molecule has 3 aromatic rings. The summed E-state index contributed by atoms with van der Waals surface area (Å²) < 4.78 is 16.6. The summed E-state index contributed by atoms with van der Waals surface area (Å²) >= 11 is 7.93. The van der Waals surface area contributed by atoms with Gasteiger partial charge < -0.3 is 34.9 Å². The van der Waals surface area contributed by atoms with Crippen LogP contribution in [0.3, 0.4) is 0 Å². The van der Waals surface area contributed by atoms with E-state index in [1.165, 1.54) is 11.3 Å². The predicted molar refractivity (Wildman–Crippen MR) is 138 cm³/mol. The van der Waals surface area contributed by atoms with E-state index < -0.39 is 42.5 Å². The number of ether oxygens (including phenoxy) is 2. The molecule has 200 valence electrons. The number of aromatic nitrogens is 1. The highest BCUT2D eigenvalue weighted by Gasteiger charge is 2.45. The summed E-state index contributed by atoms with van der Waals surface area (Å²) in [5.74, 6) is 0.0329. The molecule has 4 rings (SSSR count). The molecule has 3 heterocycles. The Morgan fingerprint density at radius 1 is 1.24 bits per heavy atom. The number of rotatable bonds is 9. The zero-order chi connectivity index (χ0) is 26.7. The van der Waals surface area contributed by atoms with Crippen molar-refractivity contribution in [3.8, 4) is 10.6 Å². The lowest BCUT2D eigenvalue weighted by Crippen LogP contribution is -2.56. The van der Waals surface area contributed by atoms with Crippen molar-refractivity contribution in [2.45, 2.75) is 63.3 Å². The lowest BCUT2D eigenvalue weighted by molar-refractivity contribution is -0.234. The maximum atomic E-state index is 12.3. The summed E-state index contributed by atoms with van der Waals surface area (Å²) in [7, 11) is 0. The summed E-state index contributed by atoms with van der Waals surface area (Å²) in [5, 5.41) is 33.0. The van der Waals surface area contributed by atoms with Crippen molar-refractivity contribution in [2.24, 2.45) is 11.7 Å². The normalized spacial score (nSPS) is 25.5. The van der Waals surface area contributed by atoms with Gasteiger partial charge in [0, 0.05) is 17.6 Å². The van der Waals surface area contributed by atoms with Gasteiger partial charge in [-0.15, -0.1) is 11.3 Å². The summed E-state index contributed by atoms with van der Waals surface area (Å²) in [4.78, 5) is 17.7. The first-order valence-corrected chi connectivity index (χ1v) is 13.3. The van der Waals surface area contributed by atoms with Gasteiger partial charge in [0.15, 0.2) is 0 Å². The molecule has 37 heavy (non-hydrogen) atoms. The molecule has 11 heteroatoms. The second-order valence-corrected chi connectivity index (χ2v) is 10.8. The summed E-state index contributed by atoms with van der Waals surface area (Å²) in [5.41, 5.74) is 7.22. The molecular formula is C26H31ClN2O7S. The van der Waals surface area contributed by atoms with Crippen molar-refractivity contribution in [3.63, 3.8) is 0 Å². The molecule has 7 atom stereocenters. The molecule has 9 nitrogen and oxygen atoms in total. The van der Waals surface area contributed by atoms with Crippen LogP contribution in [0.15, 0.2) is 47.2 Å². The zero-order valence-corrected chi connectivity index (χ0v) is 22.1. The molecular weight excluding hydrogens is 520 g/mol. The second kappa shape index (κ2) is 12.0. The number of nitrogens with zero attached hydrogens (tertiary/aromatic N) is 1. The van der Waals surface area contributed by atoms with Crippen LogP contribution in [0.2, 0.25) is 5.02 Å². The highest BCUT2D eigenvalue weighted by Crippen LogP contribution is 2.35. The van der Waals surface area contributed by atoms with Crippen LogP contribution in [-0.2, 0) is 20.7 Å². The van der Waals surface area contributed by atoms with Gasteiger partial charge in [0.2, 0.25) is 0 Å². The average molecular weight is 551 g/mol. The van der Waals surface area contributed by atoms with E-state index in [1.54, 1.807) is 30.7 Å². The topological polar surface area (TPSA) is 148 Å². The molecule has 5 N–H and O–H groups in total. The van der Waals surface area contributed by atoms with Crippen LogP contribution in [0.5, 0.6) is 0 Å². The third kappa shape index (κ3) is 6.23. The van der Waals surface area contributed by atoms with Gasteiger partial charge in [0.05, 0.1) is 16.1 Å². The Kier molecular flexibility index (Phi) is 9.02. The Morgan fingerprint density at radius 3 is 2.73 bits per heavy atom. The van der Waals surface area contributed by atoms with E-state index in [4.69, 9.17) is 31.2 Å². The SMILES string of the molecule is CC[C@H](C)[C@H](N)C(=O)OC[C@H]1O[C@@H](c2ccc(Cl)c(Cc3ncc(-c4ccco4)s3)c2)[C@H](O)[C@@H](O)[C@@H]1O. The number of halogens is 1. The number of hydrogen-bond donors (Lipinski definition) is 4. The largest absolute Gasteiger partial charge is 0.463 e. The van der Waals surface area contributed by atoms with Crippen molar-refractivity contribution in [1.29, 1.82) is 0 Å². The van der Waals surface area contributed by atoms with Crippen molar-refractivity contribution >= 4 is 28.9 Å². The van der Waals surface area contributed by atoms with Crippen LogP contribution in [-0.4, -0.2) is 63.3 Å². The summed E-state index contributed by atoms with van der Waals surface area (Å²) in [6.07, 6.45) is -1.96. The molecule has 1 aromatic carbocycles. The summed E-state index contributed by atoms with van der Waals surface area (Å²) in [6.45, 7) is 3.44. The molecule has 2 aromatic heterocycles. The molecule has 1 saturated heterocycles. The van der Waals surface area contributed by atoms with Crippen molar-refractivity contribution in [2.75, 3.05) is 6.61 Å². The van der Waals surface area contributed by atoms with Gasteiger partial charge in [-0.2, -0.15) is 0 Å². The van der Waals surface area contributed by atoms with E-state index in [0.717, 1.165) is 21.2 Å². The predicted octanol–water partition coefficient (Wildman–Crippen LogP) is 3.09. The van der Waals surface area contributed by atoms with Gasteiger partial charge in [0.1, 0.15) is 48.9 Å². The first-order valence-electron chi connectivity index (χ1n) is 12.1. The number of aliphatic hydroxyl groups excluding tert-OH is 3. The number of benzene rings is 1. The number of thiazole rings is 1. The molecule has 1 fully saturated rings. The fraction of sp³-hybridized carbons (Fsp3) is 0.462. The monoisotopic (exact) mass is 550 g/mol. The van der Waals surface area contributed by atoms with Gasteiger partial charge >= 0.3 is 5.97 Å². The van der Waals surface area contributed by atoms with E-state index >= 15 is 0 Å². The quantitative estimate of drug-likeness (QED) is 0.295. The highest BCUT2D eigenvalue weighted by molar-refractivity contribution is 7.15. The van der Waals surface area contributed by atoms with Gasteiger partial charge in [-0.1, -0.05) is 44.0 Å². The van der Waals surface area contributed by atoms with Gasteiger partial charge in [-0.05, 0) is 35.2 Å². The Hall–Kier alpha value is -2.31. The van der Waals surface area contributed by atoms with E-state index in [1.807, 2.05) is 26.0 Å². The van der Waals surface area contributed by atoms with Gasteiger partial charge in [-0.25, -0.2) is 4.98 Å². The molecule has 0 unspecified atom stereocenters. The van der Waals surface area contributed by atoms with E-state index in [0.29, 0.717) is 23.4 Å². The molecule has 1 aliphatic rings. The van der Waals surface area contributed by atoms with Crippen LogP contribution in [0.4, 0.5) is 0 Å². The Labute approximate surface area is 223 Å². The smallest absolute Gasteiger partial charge is 0.323 e. The lowest BCUT2D eigenvalue weighted by Gasteiger charge is -2.40. The standard InChI is InChI=1S/C26H31ClN2O7S/c1-3-13(2)21(28)26(33)35-12-18-22(30)23(31)24(32)25(36-18)14-6-7-16(27)15(9-14)10-20-29-11-19(37-20)17-5-4-8-34-17/h4-9,11,13,18,21-25,30-32H,3,10,12,28H2,1-2H3/t13-,18+,21-,22+,23-,24+,25-/m0/s1. The van der Waals surface area contributed by atoms with Crippen LogP contribution >= 0.6 is 22.9 Å². The third-order valence-corrected chi connectivity index (χ3v) is 8.07. The summed E-state index contributed by atoms with van der Waals surface area (Å²) in [6, 6.07) is 8.00. The zero-order valence-electron chi connectivity index (χ0n) is 20.5. The van der Waals surface area contributed by atoms with E-state index in [2.05, 4.69) is 4.98 Å². The van der Waals surface area contributed by atoms with Crippen molar-refractivity contribution in [1.82, 2.24) is 4.98 Å². The average Bonchev–Trinajstić information content (AvgIpc) is 3.59. The minimum Gasteiger partial charge on any atom is -0.463 e. The minimum absolute atomic E-state index is 0.0784. The number of hydrogen-bond acceptors (Lipinski definition) is 10. The Morgan fingerprint density at radius 2 is 2.03 bits per heavy atom.